The predicted octanol–water partition coefficient (Wildman–Crippen LogP) is 1.61. The first kappa shape index (κ1) is 12.9. The second-order valence-electron chi connectivity index (χ2n) is 3.44. The van der Waals surface area contributed by atoms with Gasteiger partial charge in [0.25, 0.3) is 0 Å². The predicted molar refractivity (Wildman–Crippen MR) is 63.6 cm³/mol. The Kier molecular flexibility index (Phi) is 6.53. The van der Waals surface area contributed by atoms with Crippen LogP contribution >= 0.6 is 0 Å². The van der Waals surface area contributed by atoms with Gasteiger partial charge in [-0.1, -0.05) is 13.0 Å². The van der Waals surface area contributed by atoms with E-state index in [1.165, 1.54) is 0 Å². The molecule has 0 saturated carbocycles. The second-order valence-corrected chi connectivity index (χ2v) is 3.44. The molecule has 4 heteroatoms. The van der Waals surface area contributed by atoms with Gasteiger partial charge < -0.3 is 14.8 Å². The van der Waals surface area contributed by atoms with Crippen LogP contribution in [0, 0.1) is 0 Å². The summed E-state index contributed by atoms with van der Waals surface area (Å²) >= 11 is 0. The Morgan fingerprint density at radius 2 is 2.25 bits per heavy atom. The van der Waals surface area contributed by atoms with E-state index in [-0.39, 0.29) is 0 Å². The molecule has 0 aliphatic heterocycles. The van der Waals surface area contributed by atoms with Gasteiger partial charge in [0.05, 0.1) is 6.61 Å². The van der Waals surface area contributed by atoms with E-state index in [1.807, 2.05) is 12.1 Å². The van der Waals surface area contributed by atoms with Gasteiger partial charge in [-0.2, -0.15) is 0 Å². The minimum absolute atomic E-state index is 0.643. The summed E-state index contributed by atoms with van der Waals surface area (Å²) in [5.41, 5.74) is 1.10. The van der Waals surface area contributed by atoms with E-state index >= 15 is 0 Å². The van der Waals surface area contributed by atoms with E-state index in [0.717, 1.165) is 37.6 Å². The van der Waals surface area contributed by atoms with Gasteiger partial charge in [0.1, 0.15) is 0 Å². The molecule has 90 valence electrons. The summed E-state index contributed by atoms with van der Waals surface area (Å²) in [6.07, 6.45) is 2.63. The number of ether oxygens (including phenoxy) is 2. The van der Waals surface area contributed by atoms with Crippen LogP contribution in [0.2, 0.25) is 0 Å². The zero-order valence-corrected chi connectivity index (χ0v) is 10.0. The lowest BCUT2D eigenvalue weighted by Gasteiger charge is -2.10. The highest BCUT2D eigenvalue weighted by Gasteiger charge is 2.03. The van der Waals surface area contributed by atoms with Crippen LogP contribution < -0.4 is 10.1 Å². The lowest BCUT2D eigenvalue weighted by Crippen LogP contribution is -2.13. The zero-order valence-electron chi connectivity index (χ0n) is 10.0. The van der Waals surface area contributed by atoms with Gasteiger partial charge in [-0.05, 0) is 12.6 Å². The molecule has 1 heterocycles. The Labute approximate surface area is 97.0 Å². The molecule has 0 radical (unpaired) electrons. The molecular formula is C12H20N2O2. The first-order chi connectivity index (χ1) is 7.88. The fraction of sp³-hybridized carbons (Fsp3) is 0.583. The Bertz CT molecular complexity index is 292. The maximum atomic E-state index is 5.61. The molecule has 16 heavy (non-hydrogen) atoms. The summed E-state index contributed by atoms with van der Waals surface area (Å²) in [6.45, 7) is 5.18. The molecule has 1 N–H and O–H groups in total. The molecule has 0 spiro atoms. The van der Waals surface area contributed by atoms with Crippen molar-refractivity contribution < 1.29 is 9.47 Å². The summed E-state index contributed by atoms with van der Waals surface area (Å²) in [5, 5.41) is 3.26. The molecule has 0 bridgehead atoms. The minimum atomic E-state index is 0.643. The van der Waals surface area contributed by atoms with Crippen LogP contribution in [0.5, 0.6) is 5.88 Å². The van der Waals surface area contributed by atoms with Gasteiger partial charge in [0.2, 0.25) is 5.88 Å². The molecule has 0 aliphatic rings. The molecule has 0 amide bonds. The number of hydrogen-bond donors (Lipinski definition) is 1. The van der Waals surface area contributed by atoms with Crippen LogP contribution in [0.15, 0.2) is 18.3 Å². The van der Waals surface area contributed by atoms with Crippen LogP contribution in [0.25, 0.3) is 0 Å². The summed E-state index contributed by atoms with van der Waals surface area (Å²) in [6, 6.07) is 3.95. The van der Waals surface area contributed by atoms with E-state index in [1.54, 1.807) is 13.3 Å². The van der Waals surface area contributed by atoms with Crippen molar-refractivity contribution in [3.8, 4) is 5.88 Å². The third-order valence-electron chi connectivity index (χ3n) is 2.15. The number of aromatic nitrogens is 1. The summed E-state index contributed by atoms with van der Waals surface area (Å²) in [5.74, 6) is 0.722. The van der Waals surface area contributed by atoms with E-state index < -0.39 is 0 Å². The highest BCUT2D eigenvalue weighted by molar-refractivity contribution is 5.25. The largest absolute Gasteiger partial charge is 0.477 e. The lowest BCUT2D eigenvalue weighted by atomic mass is 10.2. The van der Waals surface area contributed by atoms with Crippen LogP contribution in [-0.2, 0) is 11.3 Å². The molecule has 0 aliphatic carbocycles. The molecule has 1 rings (SSSR count). The molecule has 1 aromatic rings. The van der Waals surface area contributed by atoms with Gasteiger partial charge >= 0.3 is 0 Å². The van der Waals surface area contributed by atoms with Crippen molar-refractivity contribution in [1.29, 1.82) is 0 Å². The number of rotatable bonds is 8. The summed E-state index contributed by atoms with van der Waals surface area (Å²) in [7, 11) is 1.69. The summed E-state index contributed by atoms with van der Waals surface area (Å²) in [4.78, 5) is 4.23. The van der Waals surface area contributed by atoms with Gasteiger partial charge in [0, 0.05) is 38.4 Å². The van der Waals surface area contributed by atoms with E-state index in [2.05, 4.69) is 17.2 Å². The molecule has 0 unspecified atom stereocenters. The van der Waals surface area contributed by atoms with E-state index in [9.17, 15) is 0 Å². The Morgan fingerprint density at radius 1 is 1.38 bits per heavy atom. The molecule has 1 aromatic heterocycles. The Morgan fingerprint density at radius 3 is 3.00 bits per heavy atom. The van der Waals surface area contributed by atoms with Crippen molar-refractivity contribution in [2.24, 2.45) is 0 Å². The van der Waals surface area contributed by atoms with Gasteiger partial charge in [0.15, 0.2) is 0 Å². The number of hydrogen-bond acceptors (Lipinski definition) is 4. The fourth-order valence-electron chi connectivity index (χ4n) is 1.32. The van der Waals surface area contributed by atoms with Crippen molar-refractivity contribution in [2.45, 2.75) is 19.9 Å². The third-order valence-corrected chi connectivity index (χ3v) is 2.15. The quantitative estimate of drug-likeness (QED) is 0.681. The van der Waals surface area contributed by atoms with E-state index in [0.29, 0.717) is 6.61 Å². The topological polar surface area (TPSA) is 43.4 Å². The molecule has 0 atom stereocenters. The average Bonchev–Trinajstić information content (AvgIpc) is 2.33. The molecule has 0 saturated heterocycles. The van der Waals surface area contributed by atoms with Gasteiger partial charge in [-0.3, -0.25) is 0 Å². The standard InChI is InChI=1S/C12H20N2O2/c1-3-13-10-11-6-4-7-14-12(11)16-9-5-8-15-2/h4,6-7,13H,3,5,8-10H2,1-2H3. The third kappa shape index (κ3) is 4.59. The first-order valence-corrected chi connectivity index (χ1v) is 5.64. The molecular weight excluding hydrogens is 204 g/mol. The fourth-order valence-corrected chi connectivity index (χ4v) is 1.32. The summed E-state index contributed by atoms with van der Waals surface area (Å²) < 4.78 is 10.6. The maximum absolute atomic E-state index is 5.61. The van der Waals surface area contributed by atoms with Crippen LogP contribution in [0.1, 0.15) is 18.9 Å². The first-order valence-electron chi connectivity index (χ1n) is 5.64. The zero-order chi connectivity index (χ0) is 11.6. The molecule has 4 nitrogen and oxygen atoms in total. The van der Waals surface area contributed by atoms with Crippen molar-refractivity contribution in [3.05, 3.63) is 23.9 Å². The van der Waals surface area contributed by atoms with E-state index in [4.69, 9.17) is 9.47 Å². The molecule has 0 fully saturated rings. The van der Waals surface area contributed by atoms with Gasteiger partial charge in [-0.15, -0.1) is 0 Å². The molecule has 0 aromatic carbocycles. The monoisotopic (exact) mass is 224 g/mol. The number of pyridine rings is 1. The Balaban J connectivity index is 2.43. The Hall–Kier alpha value is -1.13. The number of nitrogens with zero attached hydrogens (tertiary/aromatic N) is 1. The highest BCUT2D eigenvalue weighted by Crippen LogP contribution is 2.13. The van der Waals surface area contributed by atoms with Crippen molar-refractivity contribution in [1.82, 2.24) is 10.3 Å². The normalized spacial score (nSPS) is 10.4. The SMILES string of the molecule is CCNCc1cccnc1OCCCOC. The van der Waals surface area contributed by atoms with Crippen molar-refractivity contribution >= 4 is 0 Å². The van der Waals surface area contributed by atoms with Crippen LogP contribution in [0.3, 0.4) is 0 Å². The van der Waals surface area contributed by atoms with Crippen LogP contribution in [-0.4, -0.2) is 31.9 Å². The smallest absolute Gasteiger partial charge is 0.217 e. The number of nitrogens with one attached hydrogen (secondary N) is 1. The van der Waals surface area contributed by atoms with Crippen LogP contribution in [0.4, 0.5) is 0 Å². The highest BCUT2D eigenvalue weighted by atomic mass is 16.5. The van der Waals surface area contributed by atoms with Crippen molar-refractivity contribution in [2.75, 3.05) is 26.9 Å². The average molecular weight is 224 g/mol. The maximum Gasteiger partial charge on any atom is 0.217 e. The van der Waals surface area contributed by atoms with Crippen molar-refractivity contribution in [3.63, 3.8) is 0 Å². The number of methoxy groups -OCH3 is 1. The van der Waals surface area contributed by atoms with Gasteiger partial charge in [-0.25, -0.2) is 4.98 Å². The minimum Gasteiger partial charge on any atom is -0.477 e. The lowest BCUT2D eigenvalue weighted by molar-refractivity contribution is 0.170. The second kappa shape index (κ2) is 8.07.